The lowest BCUT2D eigenvalue weighted by molar-refractivity contribution is 0.0560. The third-order valence-electron chi connectivity index (χ3n) is 4.67. The maximum absolute atomic E-state index is 11.4. The van der Waals surface area contributed by atoms with Crippen LogP contribution in [0.5, 0.6) is 0 Å². The lowest BCUT2D eigenvalue weighted by Crippen LogP contribution is -2.34. The normalized spacial score (nSPS) is 16.5. The number of piperidine rings is 1. The van der Waals surface area contributed by atoms with Crippen LogP contribution in [0.4, 0.5) is 0 Å². The van der Waals surface area contributed by atoms with Crippen molar-refractivity contribution in [2.45, 2.75) is 39.8 Å². The van der Waals surface area contributed by atoms with Crippen molar-refractivity contribution in [1.82, 2.24) is 14.7 Å². The minimum atomic E-state index is -0.426. The zero-order valence-electron chi connectivity index (χ0n) is 14.6. The number of hydrogen-bond acceptors (Lipinski definition) is 5. The van der Waals surface area contributed by atoms with Crippen LogP contribution in [0.1, 0.15) is 40.5 Å². The quantitative estimate of drug-likeness (QED) is 0.789. The van der Waals surface area contributed by atoms with Gasteiger partial charge < -0.3 is 9.15 Å². The fraction of sp³-hybridized carbons (Fsp3) is 0.556. The van der Waals surface area contributed by atoms with Crippen molar-refractivity contribution in [3.05, 3.63) is 41.1 Å². The van der Waals surface area contributed by atoms with E-state index in [1.54, 1.807) is 6.07 Å². The first-order valence-electron chi connectivity index (χ1n) is 8.45. The van der Waals surface area contributed by atoms with Crippen molar-refractivity contribution < 1.29 is 13.9 Å². The van der Waals surface area contributed by atoms with Crippen LogP contribution in [0, 0.1) is 19.8 Å². The minimum absolute atomic E-state index is 0.270. The Kier molecular flexibility index (Phi) is 5.04. The third-order valence-corrected chi connectivity index (χ3v) is 4.67. The van der Waals surface area contributed by atoms with Gasteiger partial charge in [0.15, 0.2) is 0 Å². The molecule has 130 valence electrons. The molecule has 6 heteroatoms. The highest BCUT2D eigenvalue weighted by Crippen LogP contribution is 2.22. The average Bonchev–Trinajstić information content (AvgIpc) is 3.15. The van der Waals surface area contributed by atoms with Crippen molar-refractivity contribution >= 4 is 5.97 Å². The van der Waals surface area contributed by atoms with Gasteiger partial charge in [0, 0.05) is 12.2 Å². The Balaban J connectivity index is 1.49. The summed E-state index contributed by atoms with van der Waals surface area (Å²) in [5, 5.41) is 4.56. The molecule has 0 aromatic carbocycles. The first-order valence-corrected chi connectivity index (χ1v) is 8.45. The molecule has 1 aliphatic heterocycles. The van der Waals surface area contributed by atoms with Crippen LogP contribution >= 0.6 is 0 Å². The summed E-state index contributed by atoms with van der Waals surface area (Å²) in [5.74, 6) is 1.32. The number of esters is 1. The average molecular weight is 331 g/mol. The number of aryl methyl sites for hydroxylation is 2. The van der Waals surface area contributed by atoms with Crippen molar-refractivity contribution in [2.24, 2.45) is 5.92 Å². The highest BCUT2D eigenvalue weighted by Gasteiger charge is 2.21. The predicted molar refractivity (Wildman–Crippen MR) is 89.7 cm³/mol. The van der Waals surface area contributed by atoms with E-state index in [1.807, 2.05) is 13.0 Å². The minimum Gasteiger partial charge on any atom is -0.463 e. The smallest absolute Gasteiger partial charge is 0.373 e. The molecule has 1 fully saturated rings. The standard InChI is InChI=1S/C18H25N3O3/c1-13-10-14(2)21(19-13)11-15-6-8-20(9-7-15)12-16-4-5-17(24-16)18(22)23-3/h4-5,10,15H,6-9,11-12H2,1-3H3. The molecule has 0 bridgehead atoms. The van der Waals surface area contributed by atoms with Crippen molar-refractivity contribution in [1.29, 1.82) is 0 Å². The number of furan rings is 1. The molecular weight excluding hydrogens is 306 g/mol. The Labute approximate surface area is 142 Å². The number of likely N-dealkylation sites (tertiary alicyclic amines) is 1. The largest absolute Gasteiger partial charge is 0.463 e. The molecule has 0 N–H and O–H groups in total. The molecule has 0 radical (unpaired) electrons. The molecule has 3 heterocycles. The number of aromatic nitrogens is 2. The SMILES string of the molecule is COC(=O)c1ccc(CN2CCC(Cn3nc(C)cc3C)CC2)o1. The molecule has 2 aromatic heterocycles. The summed E-state index contributed by atoms with van der Waals surface area (Å²) in [6.07, 6.45) is 2.31. The summed E-state index contributed by atoms with van der Waals surface area (Å²) in [4.78, 5) is 13.8. The van der Waals surface area contributed by atoms with E-state index >= 15 is 0 Å². The summed E-state index contributed by atoms with van der Waals surface area (Å²) < 4.78 is 12.3. The lowest BCUT2D eigenvalue weighted by Gasteiger charge is -2.31. The first-order chi connectivity index (χ1) is 11.5. The zero-order chi connectivity index (χ0) is 17.1. The van der Waals surface area contributed by atoms with Crippen molar-refractivity contribution in [3.63, 3.8) is 0 Å². The second kappa shape index (κ2) is 7.21. The molecule has 0 unspecified atom stereocenters. The molecule has 0 amide bonds. The van der Waals surface area contributed by atoms with Gasteiger partial charge in [-0.2, -0.15) is 5.10 Å². The summed E-state index contributed by atoms with van der Waals surface area (Å²) in [5.41, 5.74) is 2.32. The Morgan fingerprint density at radius 3 is 2.71 bits per heavy atom. The first kappa shape index (κ1) is 16.8. The molecule has 0 atom stereocenters. The van der Waals surface area contributed by atoms with Gasteiger partial charge in [0.05, 0.1) is 19.3 Å². The highest BCUT2D eigenvalue weighted by molar-refractivity contribution is 5.86. The van der Waals surface area contributed by atoms with E-state index in [-0.39, 0.29) is 5.76 Å². The van der Waals surface area contributed by atoms with Crippen LogP contribution in [0.15, 0.2) is 22.6 Å². The zero-order valence-corrected chi connectivity index (χ0v) is 14.6. The Morgan fingerprint density at radius 2 is 2.08 bits per heavy atom. The van der Waals surface area contributed by atoms with Crippen LogP contribution in [0.25, 0.3) is 0 Å². The third kappa shape index (κ3) is 3.87. The molecule has 1 aliphatic rings. The topological polar surface area (TPSA) is 60.5 Å². The summed E-state index contributed by atoms with van der Waals surface area (Å²) in [6, 6.07) is 5.66. The van der Waals surface area contributed by atoms with E-state index in [0.29, 0.717) is 5.92 Å². The van der Waals surface area contributed by atoms with Gasteiger partial charge in [-0.3, -0.25) is 9.58 Å². The molecule has 0 spiro atoms. The van der Waals surface area contributed by atoms with Gasteiger partial charge in [-0.15, -0.1) is 0 Å². The van der Waals surface area contributed by atoms with Crippen LogP contribution in [-0.2, 0) is 17.8 Å². The van der Waals surface area contributed by atoms with E-state index in [1.165, 1.54) is 12.8 Å². The van der Waals surface area contributed by atoms with E-state index < -0.39 is 5.97 Å². The van der Waals surface area contributed by atoms with E-state index in [2.05, 4.69) is 32.4 Å². The number of carbonyl (C=O) groups excluding carboxylic acids is 1. The van der Waals surface area contributed by atoms with E-state index in [0.717, 1.165) is 50.5 Å². The maximum Gasteiger partial charge on any atom is 0.373 e. The van der Waals surface area contributed by atoms with Gasteiger partial charge in [0.25, 0.3) is 0 Å². The Bertz CT molecular complexity index is 696. The maximum atomic E-state index is 11.4. The Hall–Kier alpha value is -2.08. The van der Waals surface area contributed by atoms with Crippen LogP contribution in [0.2, 0.25) is 0 Å². The lowest BCUT2D eigenvalue weighted by atomic mass is 9.96. The van der Waals surface area contributed by atoms with Gasteiger partial charge in [0.1, 0.15) is 5.76 Å². The van der Waals surface area contributed by atoms with Gasteiger partial charge in [0.2, 0.25) is 5.76 Å². The van der Waals surface area contributed by atoms with Crippen LogP contribution in [0.3, 0.4) is 0 Å². The van der Waals surface area contributed by atoms with Gasteiger partial charge in [-0.25, -0.2) is 4.79 Å². The van der Waals surface area contributed by atoms with Gasteiger partial charge in [-0.1, -0.05) is 0 Å². The van der Waals surface area contributed by atoms with Crippen molar-refractivity contribution in [3.8, 4) is 0 Å². The summed E-state index contributed by atoms with van der Waals surface area (Å²) >= 11 is 0. The number of hydrogen-bond donors (Lipinski definition) is 0. The molecule has 1 saturated heterocycles. The van der Waals surface area contributed by atoms with Crippen LogP contribution < -0.4 is 0 Å². The summed E-state index contributed by atoms with van der Waals surface area (Å²) in [6.45, 7) is 7.98. The van der Waals surface area contributed by atoms with Crippen LogP contribution in [-0.4, -0.2) is 40.8 Å². The second-order valence-corrected chi connectivity index (χ2v) is 6.59. The van der Waals surface area contributed by atoms with Gasteiger partial charge in [-0.05, 0) is 63.9 Å². The molecule has 6 nitrogen and oxygen atoms in total. The number of ether oxygens (including phenoxy) is 1. The number of carbonyl (C=O) groups is 1. The molecule has 2 aromatic rings. The molecule has 3 rings (SSSR count). The monoisotopic (exact) mass is 331 g/mol. The Morgan fingerprint density at radius 1 is 1.33 bits per heavy atom. The molecular formula is C18H25N3O3. The van der Waals surface area contributed by atoms with Gasteiger partial charge >= 0.3 is 5.97 Å². The number of nitrogens with zero attached hydrogens (tertiary/aromatic N) is 3. The molecule has 24 heavy (non-hydrogen) atoms. The predicted octanol–water partition coefficient (Wildman–Crippen LogP) is 2.79. The molecule has 0 aliphatic carbocycles. The second-order valence-electron chi connectivity index (χ2n) is 6.59. The summed E-state index contributed by atoms with van der Waals surface area (Å²) in [7, 11) is 1.36. The fourth-order valence-electron chi connectivity index (χ4n) is 3.33. The van der Waals surface area contributed by atoms with Crippen molar-refractivity contribution in [2.75, 3.05) is 20.2 Å². The van der Waals surface area contributed by atoms with E-state index in [4.69, 9.17) is 4.42 Å². The fourth-order valence-corrected chi connectivity index (χ4v) is 3.33. The van der Waals surface area contributed by atoms with E-state index in [9.17, 15) is 4.79 Å². The molecule has 0 saturated carbocycles. The number of rotatable bonds is 5. The highest BCUT2D eigenvalue weighted by atomic mass is 16.5. The number of methoxy groups -OCH3 is 1.